The second-order valence-electron chi connectivity index (χ2n) is 7.00. The van der Waals surface area contributed by atoms with Crippen LogP contribution < -0.4 is 10.1 Å². The molecular weight excluding hydrogens is 364 g/mol. The van der Waals surface area contributed by atoms with Crippen LogP contribution in [0, 0.1) is 13.8 Å². The van der Waals surface area contributed by atoms with E-state index in [9.17, 15) is 9.59 Å². The zero-order valence-electron chi connectivity index (χ0n) is 17.2. The monoisotopic (exact) mass is 390 g/mol. The molecule has 29 heavy (non-hydrogen) atoms. The van der Waals surface area contributed by atoms with Crippen LogP contribution in [-0.4, -0.2) is 23.3 Å². The number of carbonyl (C=O) groups is 2. The molecule has 0 spiro atoms. The molecule has 0 radical (unpaired) electrons. The molecule has 0 saturated heterocycles. The molecule has 2 N–H and O–H groups in total. The molecule has 5 heteroatoms. The Hall–Kier alpha value is -3.34. The number of nitrogens with one attached hydrogen (secondary N) is 2. The van der Waals surface area contributed by atoms with Gasteiger partial charge in [0.1, 0.15) is 11.4 Å². The molecule has 1 amide bonds. The van der Waals surface area contributed by atoms with Crippen LogP contribution in [0.5, 0.6) is 5.75 Å². The van der Waals surface area contributed by atoms with Gasteiger partial charge in [0.2, 0.25) is 0 Å². The van der Waals surface area contributed by atoms with E-state index in [0.29, 0.717) is 29.1 Å². The minimum absolute atomic E-state index is 0.0542. The van der Waals surface area contributed by atoms with Gasteiger partial charge in [0.15, 0.2) is 5.78 Å². The SMILES string of the molecule is CCOc1ccc(C(NC(=O)c2[nH]c(C)c(C(C)=O)c2C)c2ccccc2)cc1. The minimum Gasteiger partial charge on any atom is -0.494 e. The average molecular weight is 390 g/mol. The molecule has 0 saturated carbocycles. The number of amides is 1. The fraction of sp³-hybridized carbons (Fsp3) is 0.250. The molecule has 1 atom stereocenters. The van der Waals surface area contributed by atoms with Crippen LogP contribution >= 0.6 is 0 Å². The lowest BCUT2D eigenvalue weighted by atomic mass is 9.98. The van der Waals surface area contributed by atoms with Crippen molar-refractivity contribution >= 4 is 11.7 Å². The van der Waals surface area contributed by atoms with Crippen molar-refractivity contribution in [3.63, 3.8) is 0 Å². The smallest absolute Gasteiger partial charge is 0.268 e. The number of aryl methyl sites for hydroxylation is 1. The zero-order valence-corrected chi connectivity index (χ0v) is 17.2. The van der Waals surface area contributed by atoms with Gasteiger partial charge in [-0.05, 0) is 56.5 Å². The van der Waals surface area contributed by atoms with E-state index < -0.39 is 0 Å². The Morgan fingerprint density at radius 3 is 2.17 bits per heavy atom. The Morgan fingerprint density at radius 2 is 1.62 bits per heavy atom. The third kappa shape index (κ3) is 4.40. The topological polar surface area (TPSA) is 71.2 Å². The average Bonchev–Trinajstić information content (AvgIpc) is 3.02. The Kier molecular flexibility index (Phi) is 6.17. The maximum Gasteiger partial charge on any atom is 0.268 e. The summed E-state index contributed by atoms with van der Waals surface area (Å²) in [7, 11) is 0. The number of aromatic amines is 1. The first kappa shape index (κ1) is 20.4. The van der Waals surface area contributed by atoms with Crippen molar-refractivity contribution < 1.29 is 14.3 Å². The molecule has 1 heterocycles. The lowest BCUT2D eigenvalue weighted by Crippen LogP contribution is -2.30. The first-order valence-corrected chi connectivity index (χ1v) is 9.71. The lowest BCUT2D eigenvalue weighted by molar-refractivity contribution is 0.0937. The summed E-state index contributed by atoms with van der Waals surface area (Å²) in [6.45, 7) is 7.65. The molecule has 1 aromatic heterocycles. The summed E-state index contributed by atoms with van der Waals surface area (Å²) in [5.74, 6) is 0.485. The van der Waals surface area contributed by atoms with Crippen molar-refractivity contribution in [2.45, 2.75) is 33.7 Å². The number of hydrogen-bond acceptors (Lipinski definition) is 3. The van der Waals surface area contributed by atoms with Gasteiger partial charge in [-0.1, -0.05) is 42.5 Å². The van der Waals surface area contributed by atoms with Gasteiger partial charge in [0.05, 0.1) is 12.6 Å². The molecule has 5 nitrogen and oxygen atoms in total. The predicted molar refractivity (Wildman–Crippen MR) is 114 cm³/mol. The molecule has 0 bridgehead atoms. The quantitative estimate of drug-likeness (QED) is 0.572. The van der Waals surface area contributed by atoms with Crippen LogP contribution in [0.15, 0.2) is 54.6 Å². The van der Waals surface area contributed by atoms with E-state index in [-0.39, 0.29) is 17.7 Å². The summed E-state index contributed by atoms with van der Waals surface area (Å²) in [5.41, 5.74) is 4.29. The third-order valence-electron chi connectivity index (χ3n) is 4.95. The van der Waals surface area contributed by atoms with Crippen molar-refractivity contribution in [1.82, 2.24) is 10.3 Å². The number of Topliss-reactive ketones (excluding diaryl/α,β-unsaturated/α-hetero) is 1. The fourth-order valence-electron chi connectivity index (χ4n) is 3.64. The number of H-pyrrole nitrogens is 1. The number of benzene rings is 2. The second-order valence-corrected chi connectivity index (χ2v) is 7.00. The van der Waals surface area contributed by atoms with E-state index >= 15 is 0 Å². The number of hydrogen-bond donors (Lipinski definition) is 2. The highest BCUT2D eigenvalue weighted by Crippen LogP contribution is 2.26. The van der Waals surface area contributed by atoms with Crippen LogP contribution in [0.25, 0.3) is 0 Å². The highest BCUT2D eigenvalue weighted by Gasteiger charge is 2.23. The first-order chi connectivity index (χ1) is 13.9. The highest BCUT2D eigenvalue weighted by molar-refractivity contribution is 6.02. The van der Waals surface area contributed by atoms with Gasteiger partial charge in [0, 0.05) is 11.3 Å². The molecule has 2 aromatic carbocycles. The standard InChI is InChI=1S/C24H26N2O3/c1-5-29-20-13-11-19(12-14-20)23(18-9-7-6-8-10-18)26-24(28)22-15(2)21(17(4)27)16(3)25-22/h6-14,23,25H,5H2,1-4H3,(H,26,28). The number of carbonyl (C=O) groups excluding carboxylic acids is 2. The third-order valence-corrected chi connectivity index (χ3v) is 4.95. The second kappa shape index (κ2) is 8.78. The summed E-state index contributed by atoms with van der Waals surface area (Å²) in [4.78, 5) is 28.1. The summed E-state index contributed by atoms with van der Waals surface area (Å²) in [5, 5.41) is 3.12. The van der Waals surface area contributed by atoms with Gasteiger partial charge in [-0.25, -0.2) is 0 Å². The Bertz CT molecular complexity index is 1000. The summed E-state index contributed by atoms with van der Waals surface area (Å²) in [6.07, 6.45) is 0. The molecule has 3 rings (SSSR count). The van der Waals surface area contributed by atoms with Crippen molar-refractivity contribution in [2.24, 2.45) is 0 Å². The normalized spacial score (nSPS) is 11.7. The number of ketones is 1. The van der Waals surface area contributed by atoms with E-state index in [1.807, 2.05) is 68.4 Å². The zero-order chi connectivity index (χ0) is 21.0. The Labute approximate surface area is 171 Å². The van der Waals surface area contributed by atoms with Crippen molar-refractivity contribution in [3.05, 3.63) is 88.2 Å². The number of aromatic nitrogens is 1. The molecule has 3 aromatic rings. The van der Waals surface area contributed by atoms with Crippen LogP contribution in [-0.2, 0) is 0 Å². The largest absolute Gasteiger partial charge is 0.494 e. The van der Waals surface area contributed by atoms with Crippen molar-refractivity contribution in [2.75, 3.05) is 6.61 Å². The van der Waals surface area contributed by atoms with Crippen LogP contribution in [0.4, 0.5) is 0 Å². The lowest BCUT2D eigenvalue weighted by Gasteiger charge is -2.20. The molecule has 0 aliphatic heterocycles. The van der Waals surface area contributed by atoms with E-state index in [4.69, 9.17) is 4.74 Å². The maximum absolute atomic E-state index is 13.1. The molecular formula is C24H26N2O3. The van der Waals surface area contributed by atoms with Crippen LogP contribution in [0.1, 0.15) is 63.1 Å². The highest BCUT2D eigenvalue weighted by atomic mass is 16.5. The van der Waals surface area contributed by atoms with E-state index in [0.717, 1.165) is 16.9 Å². The van der Waals surface area contributed by atoms with Crippen LogP contribution in [0.2, 0.25) is 0 Å². The fourth-order valence-corrected chi connectivity index (χ4v) is 3.64. The van der Waals surface area contributed by atoms with E-state index in [1.165, 1.54) is 6.92 Å². The van der Waals surface area contributed by atoms with Gasteiger partial charge in [-0.3, -0.25) is 9.59 Å². The Morgan fingerprint density at radius 1 is 1.00 bits per heavy atom. The maximum atomic E-state index is 13.1. The first-order valence-electron chi connectivity index (χ1n) is 9.71. The van der Waals surface area contributed by atoms with Gasteiger partial charge in [-0.15, -0.1) is 0 Å². The summed E-state index contributed by atoms with van der Waals surface area (Å²) >= 11 is 0. The predicted octanol–water partition coefficient (Wildman–Crippen LogP) is 4.75. The molecule has 150 valence electrons. The van der Waals surface area contributed by atoms with E-state index in [2.05, 4.69) is 10.3 Å². The van der Waals surface area contributed by atoms with Crippen LogP contribution in [0.3, 0.4) is 0 Å². The molecule has 0 fully saturated rings. The van der Waals surface area contributed by atoms with E-state index in [1.54, 1.807) is 6.92 Å². The van der Waals surface area contributed by atoms with Gasteiger partial charge >= 0.3 is 0 Å². The van der Waals surface area contributed by atoms with Crippen molar-refractivity contribution in [1.29, 1.82) is 0 Å². The minimum atomic E-state index is -0.330. The molecule has 1 unspecified atom stereocenters. The summed E-state index contributed by atoms with van der Waals surface area (Å²) < 4.78 is 5.53. The number of rotatable bonds is 7. The van der Waals surface area contributed by atoms with Crippen molar-refractivity contribution in [3.8, 4) is 5.75 Å². The molecule has 0 aliphatic rings. The number of ether oxygens (including phenoxy) is 1. The summed E-state index contributed by atoms with van der Waals surface area (Å²) in [6, 6.07) is 17.2. The van der Waals surface area contributed by atoms with Gasteiger partial charge < -0.3 is 15.0 Å². The van der Waals surface area contributed by atoms with Gasteiger partial charge in [-0.2, -0.15) is 0 Å². The Balaban J connectivity index is 1.95. The molecule has 0 aliphatic carbocycles. The van der Waals surface area contributed by atoms with Gasteiger partial charge in [0.25, 0.3) is 5.91 Å².